The van der Waals surface area contributed by atoms with Crippen molar-refractivity contribution in [3.8, 4) is 33.8 Å². The Labute approximate surface area is 387 Å². The fourth-order valence-corrected chi connectivity index (χ4v) is 9.14. The van der Waals surface area contributed by atoms with Crippen LogP contribution in [0.3, 0.4) is 0 Å². The summed E-state index contributed by atoms with van der Waals surface area (Å²) in [4.78, 5) is 4.30. The van der Waals surface area contributed by atoms with Crippen molar-refractivity contribution in [1.82, 2.24) is 0 Å². The minimum absolute atomic E-state index is 0. The maximum absolute atomic E-state index is 11.1. The maximum Gasteiger partial charge on any atom is 0.148 e. The van der Waals surface area contributed by atoms with Crippen LogP contribution in [0.5, 0.6) is 11.5 Å². The first-order chi connectivity index (χ1) is 29.4. The van der Waals surface area contributed by atoms with Crippen LogP contribution in [0.4, 0.5) is 0 Å². The Morgan fingerprint density at radius 1 is 0.565 bits per heavy atom. The first kappa shape index (κ1) is 48.3. The summed E-state index contributed by atoms with van der Waals surface area (Å²) in [5.74, 6) is 1.33. The Morgan fingerprint density at radius 2 is 1.06 bits per heavy atom. The molecule has 0 atom stereocenters. The van der Waals surface area contributed by atoms with Crippen LogP contribution >= 0.6 is 0 Å². The molecule has 329 valence electrons. The van der Waals surface area contributed by atoms with Gasteiger partial charge in [-0.2, -0.15) is 0 Å². The maximum atomic E-state index is 11.1. The van der Waals surface area contributed by atoms with Crippen molar-refractivity contribution in [2.24, 2.45) is 4.99 Å². The summed E-state index contributed by atoms with van der Waals surface area (Å²) in [6, 6.07) is 37.2. The van der Waals surface area contributed by atoms with Crippen molar-refractivity contribution < 1.29 is 34.7 Å². The van der Waals surface area contributed by atoms with E-state index in [1.165, 1.54) is 129 Å². The molecule has 1 aliphatic carbocycles. The van der Waals surface area contributed by atoms with Gasteiger partial charge in [-0.3, -0.25) is 4.99 Å². The number of hydrogen-bond acceptors (Lipinski definition) is 4. The average Bonchev–Trinajstić information content (AvgIpc) is 3.90. The van der Waals surface area contributed by atoms with Gasteiger partial charge < -0.3 is 22.0 Å². The summed E-state index contributed by atoms with van der Waals surface area (Å²) in [5, 5.41) is 11.1. The Hall–Kier alpha value is -4.70. The number of aliphatic hydroxyl groups is 1. The monoisotopic (exact) mass is 1010 g/mol. The number of unbranched alkanes of at least 4 members (excludes halogenated alkanes) is 10. The van der Waals surface area contributed by atoms with Gasteiger partial charge in [0.05, 0.1) is 0 Å². The second kappa shape index (κ2) is 23.7. The third kappa shape index (κ3) is 12.1. The van der Waals surface area contributed by atoms with E-state index in [0.29, 0.717) is 36.0 Å². The molecule has 1 aliphatic heterocycles. The van der Waals surface area contributed by atoms with Crippen LogP contribution in [0.2, 0.25) is 0 Å². The average molecular weight is 1010 g/mol. The molecule has 0 spiro atoms. The van der Waals surface area contributed by atoms with Crippen LogP contribution in [0.1, 0.15) is 143 Å². The van der Waals surface area contributed by atoms with Gasteiger partial charge in [-0.05, 0) is 102 Å². The SMILES string of the molecule is CCCCCCCCC1(CCCCCCCC)c2cc(C)ccc2-c2ccc(-c3ccc(COc4cc(OCc5ccc(C)cc5)cc(/C(O)=C5\C=CC=N5)c4)cc3)cc21.[CH3-].[Ir]. The zero-order valence-electron chi connectivity index (χ0n) is 37.9. The van der Waals surface area contributed by atoms with E-state index in [4.69, 9.17) is 9.47 Å². The molecule has 5 heteroatoms. The molecule has 5 aromatic carbocycles. The van der Waals surface area contributed by atoms with E-state index in [-0.39, 0.29) is 38.7 Å². The summed E-state index contributed by atoms with van der Waals surface area (Å²) >= 11 is 0. The van der Waals surface area contributed by atoms with E-state index in [9.17, 15) is 5.11 Å². The molecule has 0 fully saturated rings. The number of aliphatic hydroxyl groups excluding tert-OH is 1. The summed E-state index contributed by atoms with van der Waals surface area (Å²) in [5.41, 5.74) is 14.3. The fraction of sp³-hybridized carbons (Fsp3) is 0.368. The van der Waals surface area contributed by atoms with E-state index in [1.54, 1.807) is 17.9 Å². The molecule has 0 unspecified atom stereocenters. The van der Waals surface area contributed by atoms with Gasteiger partial charge >= 0.3 is 0 Å². The summed E-state index contributed by atoms with van der Waals surface area (Å²) < 4.78 is 12.6. The normalized spacial score (nSPS) is 13.9. The van der Waals surface area contributed by atoms with Gasteiger partial charge in [0.15, 0.2) is 0 Å². The van der Waals surface area contributed by atoms with Gasteiger partial charge in [0, 0.05) is 43.4 Å². The molecule has 4 nitrogen and oxygen atoms in total. The zero-order chi connectivity index (χ0) is 41.7. The van der Waals surface area contributed by atoms with Gasteiger partial charge in [0.2, 0.25) is 0 Å². The molecule has 0 saturated heterocycles. The number of rotatable bonds is 22. The number of ether oxygens (including phenoxy) is 2. The van der Waals surface area contributed by atoms with Crippen LogP contribution in [-0.2, 0) is 38.7 Å². The number of aliphatic imine (C=N–C) groups is 1. The zero-order valence-corrected chi connectivity index (χ0v) is 40.3. The molecule has 5 aromatic rings. The van der Waals surface area contributed by atoms with Crippen LogP contribution in [0.15, 0.2) is 126 Å². The van der Waals surface area contributed by atoms with Gasteiger partial charge in [0.25, 0.3) is 0 Å². The smallest absolute Gasteiger partial charge is 0.148 e. The number of fused-ring (bicyclic) bond motifs is 3. The standard InChI is InChI=1S/C56H65NO3.CH3.Ir/c1-5-7-9-11-13-15-31-56(32-16-14-12-10-8-6-2)52-34-42(4)21-29-50(52)51-30-28-46(37-53(51)56)45-26-24-44(25-27-45)40-60-49-36-47(55(58)54-18-17-33-57-54)35-48(38-49)59-39-43-22-19-41(3)20-23-43;;/h17-30,33-38,58H,5-16,31-32,39-40H2,1-4H3;1H3;/q;-1;/b55-54-;;. The molecule has 7 rings (SSSR count). The van der Waals surface area contributed by atoms with Crippen molar-refractivity contribution in [1.29, 1.82) is 0 Å². The van der Waals surface area contributed by atoms with Crippen molar-refractivity contribution in [2.45, 2.75) is 136 Å². The van der Waals surface area contributed by atoms with Crippen molar-refractivity contribution in [3.05, 3.63) is 167 Å². The number of hydrogen-bond donors (Lipinski definition) is 1. The minimum Gasteiger partial charge on any atom is -0.505 e. The summed E-state index contributed by atoms with van der Waals surface area (Å²) in [7, 11) is 0. The van der Waals surface area contributed by atoms with E-state index >= 15 is 0 Å². The van der Waals surface area contributed by atoms with Gasteiger partial charge in [-0.15, -0.1) is 0 Å². The van der Waals surface area contributed by atoms with Crippen LogP contribution in [0.25, 0.3) is 28.0 Å². The van der Waals surface area contributed by atoms with Gasteiger partial charge in [-0.1, -0.05) is 181 Å². The third-order valence-corrected chi connectivity index (χ3v) is 12.6. The largest absolute Gasteiger partial charge is 0.505 e. The van der Waals surface area contributed by atoms with Crippen LogP contribution < -0.4 is 9.47 Å². The van der Waals surface area contributed by atoms with Crippen molar-refractivity contribution in [2.75, 3.05) is 0 Å². The molecule has 0 aromatic heterocycles. The van der Waals surface area contributed by atoms with Crippen molar-refractivity contribution >= 4 is 12.0 Å². The van der Waals surface area contributed by atoms with E-state index in [0.717, 1.165) is 11.1 Å². The predicted octanol–water partition coefficient (Wildman–Crippen LogP) is 16.2. The number of benzene rings is 5. The van der Waals surface area contributed by atoms with E-state index < -0.39 is 0 Å². The Bertz CT molecular complexity index is 2250. The Morgan fingerprint density at radius 3 is 1.63 bits per heavy atom. The first-order valence-corrected chi connectivity index (χ1v) is 22.8. The number of allylic oxidation sites excluding steroid dienone is 2. The summed E-state index contributed by atoms with van der Waals surface area (Å²) in [6.45, 7) is 9.75. The number of aryl methyl sites for hydroxylation is 2. The molecular formula is C57H68IrNO3-. The molecule has 2 aliphatic rings. The molecule has 0 bridgehead atoms. The molecule has 1 N–H and O–H groups in total. The minimum atomic E-state index is 0. The topological polar surface area (TPSA) is 51.0 Å². The van der Waals surface area contributed by atoms with E-state index in [1.807, 2.05) is 24.3 Å². The Balaban J connectivity index is 0.00000363. The predicted molar refractivity (Wildman–Crippen MR) is 259 cm³/mol. The van der Waals surface area contributed by atoms with Gasteiger partial charge in [-0.25, -0.2) is 0 Å². The second-order valence-corrected chi connectivity index (χ2v) is 17.3. The molecule has 0 saturated carbocycles. The molecular weight excluding hydrogens is 939 g/mol. The molecule has 1 radical (unpaired) electrons. The second-order valence-electron chi connectivity index (χ2n) is 17.3. The quantitative estimate of drug-likeness (QED) is 0.0427. The van der Waals surface area contributed by atoms with Gasteiger partial charge in [0.1, 0.15) is 36.2 Å². The molecule has 0 amide bonds. The Kier molecular flexibility index (Phi) is 18.4. The van der Waals surface area contributed by atoms with Crippen LogP contribution in [-0.4, -0.2) is 11.3 Å². The van der Waals surface area contributed by atoms with E-state index in [2.05, 4.69) is 118 Å². The molecule has 62 heavy (non-hydrogen) atoms. The number of nitrogens with zero attached hydrogens (tertiary/aromatic N) is 1. The summed E-state index contributed by atoms with van der Waals surface area (Å²) in [6.07, 6.45) is 23.5. The third-order valence-electron chi connectivity index (χ3n) is 12.6. The fourth-order valence-electron chi connectivity index (χ4n) is 9.14. The van der Waals surface area contributed by atoms with Crippen molar-refractivity contribution in [3.63, 3.8) is 0 Å². The first-order valence-electron chi connectivity index (χ1n) is 22.8. The molecule has 1 heterocycles. The van der Waals surface area contributed by atoms with Crippen LogP contribution in [0, 0.1) is 21.3 Å².